The summed E-state index contributed by atoms with van der Waals surface area (Å²) >= 11 is 0. The Kier molecular flexibility index (Phi) is 5.79. The summed E-state index contributed by atoms with van der Waals surface area (Å²) in [7, 11) is -3.24. The van der Waals surface area contributed by atoms with Gasteiger partial charge in [0.2, 0.25) is 0 Å². The Labute approximate surface area is 149 Å². The fraction of sp³-hybridized carbons (Fsp3) is 0.611. The molecule has 1 unspecified atom stereocenters. The molecule has 1 N–H and O–H groups in total. The van der Waals surface area contributed by atoms with Gasteiger partial charge in [0.1, 0.15) is 5.60 Å². The van der Waals surface area contributed by atoms with Crippen molar-refractivity contribution in [2.24, 2.45) is 5.92 Å². The highest BCUT2D eigenvalue weighted by molar-refractivity contribution is 7.90. The Morgan fingerprint density at radius 3 is 2.16 bits per heavy atom. The number of hydrogen-bond acceptors (Lipinski definition) is 5. The van der Waals surface area contributed by atoms with E-state index in [0.717, 1.165) is 6.26 Å². The van der Waals surface area contributed by atoms with E-state index in [4.69, 9.17) is 4.74 Å². The van der Waals surface area contributed by atoms with Crippen LogP contribution in [0, 0.1) is 5.92 Å². The van der Waals surface area contributed by atoms with Crippen LogP contribution in [0.1, 0.15) is 45.3 Å². The minimum absolute atomic E-state index is 0.0303. The third-order valence-corrected chi connectivity index (χ3v) is 5.42. The first-order valence-electron chi connectivity index (χ1n) is 8.43. The van der Waals surface area contributed by atoms with Crippen molar-refractivity contribution in [2.75, 3.05) is 19.3 Å². The summed E-state index contributed by atoms with van der Waals surface area (Å²) in [6.07, 6.45) is 1.51. The van der Waals surface area contributed by atoms with Gasteiger partial charge in [-0.2, -0.15) is 0 Å². The van der Waals surface area contributed by atoms with Crippen molar-refractivity contribution >= 4 is 15.9 Å². The van der Waals surface area contributed by atoms with Gasteiger partial charge in [0.25, 0.3) is 0 Å². The quantitative estimate of drug-likeness (QED) is 0.886. The molecule has 1 atom stereocenters. The smallest absolute Gasteiger partial charge is 0.410 e. The topological polar surface area (TPSA) is 83.9 Å². The van der Waals surface area contributed by atoms with Gasteiger partial charge in [0.05, 0.1) is 11.0 Å². The zero-order chi connectivity index (χ0) is 18.8. The first-order valence-corrected chi connectivity index (χ1v) is 10.3. The predicted molar refractivity (Wildman–Crippen MR) is 95.0 cm³/mol. The highest BCUT2D eigenvalue weighted by Crippen LogP contribution is 2.31. The molecule has 140 valence electrons. The van der Waals surface area contributed by atoms with Crippen LogP contribution in [0.2, 0.25) is 0 Å². The average Bonchev–Trinajstić information content (AvgIpc) is 2.52. The lowest BCUT2D eigenvalue weighted by Crippen LogP contribution is -2.42. The SMILES string of the molecule is CC(C)(C)OC(=O)N1CCC(C(O)c2ccc(S(C)(=O)=O)cc2)CC1. The number of likely N-dealkylation sites (tertiary alicyclic amines) is 1. The summed E-state index contributed by atoms with van der Waals surface area (Å²) in [6, 6.07) is 6.34. The summed E-state index contributed by atoms with van der Waals surface area (Å²) in [5.41, 5.74) is 0.178. The molecule has 0 saturated carbocycles. The second kappa shape index (κ2) is 7.33. The Morgan fingerprint density at radius 1 is 1.20 bits per heavy atom. The zero-order valence-electron chi connectivity index (χ0n) is 15.2. The minimum Gasteiger partial charge on any atom is -0.444 e. The number of benzene rings is 1. The van der Waals surface area contributed by atoms with Gasteiger partial charge >= 0.3 is 6.09 Å². The maximum Gasteiger partial charge on any atom is 0.410 e. The van der Waals surface area contributed by atoms with E-state index >= 15 is 0 Å². The van der Waals surface area contributed by atoms with Crippen LogP contribution in [0.4, 0.5) is 4.79 Å². The number of aliphatic hydroxyl groups is 1. The van der Waals surface area contributed by atoms with E-state index in [9.17, 15) is 18.3 Å². The second-order valence-electron chi connectivity index (χ2n) is 7.59. The van der Waals surface area contributed by atoms with E-state index < -0.39 is 21.5 Å². The molecule has 0 bridgehead atoms. The van der Waals surface area contributed by atoms with Crippen molar-refractivity contribution in [3.8, 4) is 0 Å². The molecule has 0 radical (unpaired) electrons. The molecule has 2 rings (SSSR count). The summed E-state index contributed by atoms with van der Waals surface area (Å²) in [5.74, 6) is 0.0303. The monoisotopic (exact) mass is 369 g/mol. The summed E-state index contributed by atoms with van der Waals surface area (Å²) in [6.45, 7) is 6.58. The molecule has 6 nitrogen and oxygen atoms in total. The van der Waals surface area contributed by atoms with E-state index in [2.05, 4.69) is 0 Å². The highest BCUT2D eigenvalue weighted by atomic mass is 32.2. The summed E-state index contributed by atoms with van der Waals surface area (Å²) < 4.78 is 28.4. The zero-order valence-corrected chi connectivity index (χ0v) is 16.0. The third-order valence-electron chi connectivity index (χ3n) is 4.29. The Morgan fingerprint density at radius 2 is 1.72 bits per heavy atom. The third kappa shape index (κ3) is 5.44. The number of piperidine rings is 1. The van der Waals surface area contributed by atoms with Gasteiger partial charge in [-0.3, -0.25) is 0 Å². The Hall–Kier alpha value is -1.60. The highest BCUT2D eigenvalue weighted by Gasteiger charge is 2.30. The second-order valence-corrected chi connectivity index (χ2v) is 9.61. The lowest BCUT2D eigenvalue weighted by molar-refractivity contribution is 0.00766. The van der Waals surface area contributed by atoms with Crippen molar-refractivity contribution in [1.82, 2.24) is 4.90 Å². The number of hydrogen-bond donors (Lipinski definition) is 1. The fourth-order valence-electron chi connectivity index (χ4n) is 2.91. The van der Waals surface area contributed by atoms with Crippen molar-refractivity contribution < 1.29 is 23.1 Å². The lowest BCUT2D eigenvalue weighted by atomic mass is 9.87. The van der Waals surface area contributed by atoms with Crippen LogP contribution in [-0.2, 0) is 14.6 Å². The van der Waals surface area contributed by atoms with Crippen LogP contribution in [0.15, 0.2) is 29.2 Å². The van der Waals surface area contributed by atoms with E-state index in [-0.39, 0.29) is 16.9 Å². The number of ether oxygens (including phenoxy) is 1. The normalized spacial score (nSPS) is 18.0. The number of aliphatic hydroxyl groups excluding tert-OH is 1. The van der Waals surface area contributed by atoms with Crippen LogP contribution in [0.5, 0.6) is 0 Å². The lowest BCUT2D eigenvalue weighted by Gasteiger charge is -2.35. The standard InChI is InChI=1S/C18H27NO5S/c1-18(2,3)24-17(21)19-11-9-14(10-12-19)16(20)13-5-7-15(8-6-13)25(4,22)23/h5-8,14,16,20H,9-12H2,1-4H3. The van der Waals surface area contributed by atoms with E-state index in [1.165, 1.54) is 12.1 Å². The first kappa shape index (κ1) is 19.7. The molecule has 7 heteroatoms. The van der Waals surface area contributed by atoms with Crippen molar-refractivity contribution in [2.45, 2.75) is 50.2 Å². The van der Waals surface area contributed by atoms with Crippen LogP contribution >= 0.6 is 0 Å². The summed E-state index contributed by atoms with van der Waals surface area (Å²) in [5, 5.41) is 10.6. The largest absolute Gasteiger partial charge is 0.444 e. The van der Waals surface area contributed by atoms with E-state index in [1.54, 1.807) is 17.0 Å². The number of carbonyl (C=O) groups excluding carboxylic acids is 1. The number of amides is 1. The van der Waals surface area contributed by atoms with Crippen LogP contribution < -0.4 is 0 Å². The number of sulfone groups is 1. The van der Waals surface area contributed by atoms with E-state index in [0.29, 0.717) is 31.5 Å². The number of nitrogens with zero attached hydrogens (tertiary/aromatic N) is 1. The number of rotatable bonds is 3. The van der Waals surface area contributed by atoms with Crippen LogP contribution in [0.3, 0.4) is 0 Å². The van der Waals surface area contributed by atoms with Gasteiger partial charge in [-0.25, -0.2) is 13.2 Å². The van der Waals surface area contributed by atoms with Crippen LogP contribution in [-0.4, -0.2) is 49.5 Å². The molecule has 1 saturated heterocycles. The molecular formula is C18H27NO5S. The molecule has 25 heavy (non-hydrogen) atoms. The Bertz CT molecular complexity index is 698. The van der Waals surface area contributed by atoms with E-state index in [1.807, 2.05) is 20.8 Å². The van der Waals surface area contributed by atoms with Crippen molar-refractivity contribution in [3.05, 3.63) is 29.8 Å². The predicted octanol–water partition coefficient (Wildman–Crippen LogP) is 2.77. The average molecular weight is 369 g/mol. The molecule has 0 spiro atoms. The molecule has 1 aliphatic heterocycles. The van der Waals surface area contributed by atoms with Crippen molar-refractivity contribution in [1.29, 1.82) is 0 Å². The molecule has 1 fully saturated rings. The molecule has 0 aliphatic carbocycles. The maximum atomic E-state index is 12.1. The van der Waals surface area contributed by atoms with Gasteiger partial charge in [-0.15, -0.1) is 0 Å². The first-order chi connectivity index (χ1) is 11.5. The van der Waals surface area contributed by atoms with Gasteiger partial charge in [-0.1, -0.05) is 12.1 Å². The minimum atomic E-state index is -3.24. The molecular weight excluding hydrogens is 342 g/mol. The van der Waals surface area contributed by atoms with Gasteiger partial charge in [0, 0.05) is 19.3 Å². The summed E-state index contributed by atoms with van der Waals surface area (Å²) in [4.78, 5) is 14.0. The molecule has 1 heterocycles. The Balaban J connectivity index is 1.95. The maximum absolute atomic E-state index is 12.1. The molecule has 1 aromatic carbocycles. The molecule has 1 amide bonds. The molecule has 1 aromatic rings. The van der Waals surface area contributed by atoms with Crippen molar-refractivity contribution in [3.63, 3.8) is 0 Å². The van der Waals surface area contributed by atoms with Gasteiger partial charge in [-0.05, 0) is 57.2 Å². The van der Waals surface area contributed by atoms with Gasteiger partial charge < -0.3 is 14.7 Å². The molecule has 1 aliphatic rings. The number of carbonyl (C=O) groups is 1. The fourth-order valence-corrected chi connectivity index (χ4v) is 3.54. The van der Waals surface area contributed by atoms with Crippen LogP contribution in [0.25, 0.3) is 0 Å². The van der Waals surface area contributed by atoms with Gasteiger partial charge in [0.15, 0.2) is 9.84 Å². The molecule has 0 aromatic heterocycles.